The van der Waals surface area contributed by atoms with E-state index in [2.05, 4.69) is 10.3 Å². The molecule has 1 atom stereocenters. The predicted octanol–water partition coefficient (Wildman–Crippen LogP) is 3.83. The summed E-state index contributed by atoms with van der Waals surface area (Å²) in [6.07, 6.45) is 4.69. The lowest BCUT2D eigenvalue weighted by Gasteiger charge is -2.20. The topological polar surface area (TPSA) is 70.9 Å². The van der Waals surface area contributed by atoms with Gasteiger partial charge < -0.3 is 10.4 Å². The third-order valence-corrected chi connectivity index (χ3v) is 4.84. The molecule has 3 aromatic rings. The van der Waals surface area contributed by atoms with Crippen LogP contribution in [0.2, 0.25) is 5.02 Å². The molecule has 4 rings (SSSR count). The molecule has 1 aliphatic carbocycles. The lowest BCUT2D eigenvalue weighted by Crippen LogP contribution is -2.17. The summed E-state index contributed by atoms with van der Waals surface area (Å²) in [4.78, 5) is 13.8. The number of pyridine rings is 1. The highest BCUT2D eigenvalue weighted by molar-refractivity contribution is 6.30. The number of nitrogens with one attached hydrogen (secondary N) is 1. The van der Waals surface area contributed by atoms with Crippen LogP contribution in [0.15, 0.2) is 48.7 Å². The van der Waals surface area contributed by atoms with Gasteiger partial charge in [0.15, 0.2) is 5.82 Å². The van der Waals surface area contributed by atoms with Crippen LogP contribution >= 0.6 is 11.6 Å². The van der Waals surface area contributed by atoms with E-state index < -0.39 is 0 Å². The minimum atomic E-state index is -0.261. The number of aromatic nitrogens is 3. The summed E-state index contributed by atoms with van der Waals surface area (Å²) in [6.45, 7) is -0.0423. The Hall–Kier alpha value is -2.50. The van der Waals surface area contributed by atoms with Gasteiger partial charge in [0.2, 0.25) is 0 Å². The van der Waals surface area contributed by atoms with Crippen LogP contribution in [0, 0.1) is 0 Å². The Bertz CT molecular complexity index is 900. The predicted molar refractivity (Wildman–Crippen MR) is 102 cm³/mol. The summed E-state index contributed by atoms with van der Waals surface area (Å²) in [5.41, 5.74) is 3.91. The first kappa shape index (κ1) is 16.9. The second-order valence-electron chi connectivity index (χ2n) is 6.32. The molecule has 0 saturated carbocycles. The second kappa shape index (κ2) is 7.40. The largest absolute Gasteiger partial charge is 0.394 e. The van der Waals surface area contributed by atoms with Gasteiger partial charge in [-0.15, -0.1) is 0 Å². The van der Waals surface area contributed by atoms with E-state index in [1.165, 1.54) is 0 Å². The third-order valence-electron chi connectivity index (χ3n) is 4.59. The van der Waals surface area contributed by atoms with E-state index in [1.807, 2.05) is 42.5 Å². The van der Waals surface area contributed by atoms with Crippen LogP contribution in [0.1, 0.15) is 29.3 Å². The summed E-state index contributed by atoms with van der Waals surface area (Å²) in [5, 5.41) is 14.0. The van der Waals surface area contributed by atoms with Crippen molar-refractivity contribution < 1.29 is 5.11 Å². The minimum Gasteiger partial charge on any atom is -0.394 e. The van der Waals surface area contributed by atoms with Crippen molar-refractivity contribution in [2.24, 2.45) is 0 Å². The maximum Gasteiger partial charge on any atom is 0.180 e. The molecule has 0 saturated heterocycles. The summed E-state index contributed by atoms with van der Waals surface area (Å²) in [5.74, 6) is 1.39. The third kappa shape index (κ3) is 3.41. The lowest BCUT2D eigenvalue weighted by atomic mass is 10.1. The van der Waals surface area contributed by atoms with Crippen molar-refractivity contribution >= 4 is 17.4 Å². The van der Waals surface area contributed by atoms with Crippen molar-refractivity contribution in [2.75, 3.05) is 11.9 Å². The first-order valence-electron chi connectivity index (χ1n) is 8.68. The first-order valence-corrected chi connectivity index (χ1v) is 9.06. The van der Waals surface area contributed by atoms with E-state index in [9.17, 15) is 5.11 Å². The molecule has 26 heavy (non-hydrogen) atoms. The summed E-state index contributed by atoms with van der Waals surface area (Å²) < 4.78 is 0. The Morgan fingerprint density at radius 3 is 2.65 bits per heavy atom. The molecule has 2 heterocycles. The van der Waals surface area contributed by atoms with Gasteiger partial charge in [0.25, 0.3) is 0 Å². The van der Waals surface area contributed by atoms with Crippen molar-refractivity contribution in [1.29, 1.82) is 0 Å². The second-order valence-corrected chi connectivity index (χ2v) is 6.76. The Morgan fingerprint density at radius 2 is 1.92 bits per heavy atom. The van der Waals surface area contributed by atoms with E-state index >= 15 is 0 Å². The molecule has 0 bridgehead atoms. The number of anilines is 1. The number of aryl methyl sites for hydroxylation is 1. The molecular formula is C20H19ClN4O. The fourth-order valence-corrected chi connectivity index (χ4v) is 3.38. The van der Waals surface area contributed by atoms with Gasteiger partial charge in [-0.05, 0) is 49.1 Å². The summed E-state index contributed by atoms with van der Waals surface area (Å²) in [7, 11) is 0. The van der Waals surface area contributed by atoms with Crippen LogP contribution in [0.3, 0.4) is 0 Å². The molecule has 1 aromatic carbocycles. The Balaban J connectivity index is 1.71. The highest BCUT2D eigenvalue weighted by Gasteiger charge is 2.22. The van der Waals surface area contributed by atoms with Gasteiger partial charge in [-0.3, -0.25) is 4.98 Å². The van der Waals surface area contributed by atoms with Gasteiger partial charge >= 0.3 is 0 Å². The van der Waals surface area contributed by atoms with Gasteiger partial charge in [0.05, 0.1) is 12.6 Å². The normalized spacial score (nSPS) is 14.1. The van der Waals surface area contributed by atoms with Crippen molar-refractivity contribution in [3.05, 3.63) is 70.5 Å². The maximum atomic E-state index is 9.89. The van der Waals surface area contributed by atoms with Gasteiger partial charge in [0, 0.05) is 22.5 Å². The fraction of sp³-hybridized carbons (Fsp3) is 0.250. The summed E-state index contributed by atoms with van der Waals surface area (Å²) >= 11 is 5.97. The van der Waals surface area contributed by atoms with E-state index in [1.54, 1.807) is 6.20 Å². The standard InChI is InChI=1S/C20H19ClN4O/c21-14-9-7-13(8-10-14)18(12-26)24-19-15-4-3-6-16(15)23-20(25-19)17-5-1-2-11-22-17/h1-2,5,7-11,18,26H,3-4,6,12H2,(H,23,24,25). The number of benzene rings is 1. The molecule has 1 unspecified atom stereocenters. The zero-order valence-corrected chi connectivity index (χ0v) is 14.9. The number of nitrogens with zero attached hydrogens (tertiary/aromatic N) is 3. The minimum absolute atomic E-state index is 0.0423. The van der Waals surface area contributed by atoms with E-state index in [-0.39, 0.29) is 12.6 Å². The molecule has 1 aliphatic rings. The van der Waals surface area contributed by atoms with Crippen molar-refractivity contribution in [3.63, 3.8) is 0 Å². The fourth-order valence-electron chi connectivity index (χ4n) is 3.26. The molecule has 0 fully saturated rings. The van der Waals surface area contributed by atoms with Gasteiger partial charge in [-0.1, -0.05) is 29.8 Å². The Kier molecular flexibility index (Phi) is 4.82. The molecule has 0 aliphatic heterocycles. The van der Waals surface area contributed by atoms with Crippen molar-refractivity contribution in [1.82, 2.24) is 15.0 Å². The number of fused-ring (bicyclic) bond motifs is 1. The van der Waals surface area contributed by atoms with Crippen LogP contribution in [0.25, 0.3) is 11.5 Å². The highest BCUT2D eigenvalue weighted by Crippen LogP contribution is 2.31. The van der Waals surface area contributed by atoms with Crippen LogP contribution in [0.5, 0.6) is 0 Å². The zero-order chi connectivity index (χ0) is 17.9. The average Bonchev–Trinajstić information content (AvgIpc) is 3.16. The van der Waals surface area contributed by atoms with E-state index in [0.717, 1.165) is 47.6 Å². The number of hydrogen-bond donors (Lipinski definition) is 2. The quantitative estimate of drug-likeness (QED) is 0.718. The molecule has 0 amide bonds. The molecular weight excluding hydrogens is 348 g/mol. The molecule has 6 heteroatoms. The van der Waals surface area contributed by atoms with Gasteiger partial charge in [0.1, 0.15) is 11.5 Å². The SMILES string of the molecule is OCC(Nc1nc(-c2ccccn2)nc2c1CCC2)c1ccc(Cl)cc1. The molecule has 0 spiro atoms. The van der Waals surface area contributed by atoms with E-state index in [0.29, 0.717) is 10.8 Å². The van der Waals surface area contributed by atoms with Gasteiger partial charge in [-0.2, -0.15) is 0 Å². The zero-order valence-electron chi connectivity index (χ0n) is 14.2. The maximum absolute atomic E-state index is 9.89. The number of hydrogen-bond acceptors (Lipinski definition) is 5. The highest BCUT2D eigenvalue weighted by atomic mass is 35.5. The van der Waals surface area contributed by atoms with Gasteiger partial charge in [-0.25, -0.2) is 9.97 Å². The molecule has 132 valence electrons. The number of rotatable bonds is 5. The molecule has 2 aromatic heterocycles. The smallest absolute Gasteiger partial charge is 0.180 e. The monoisotopic (exact) mass is 366 g/mol. The molecule has 0 radical (unpaired) electrons. The summed E-state index contributed by atoms with van der Waals surface area (Å²) in [6, 6.07) is 12.9. The number of halogens is 1. The molecule has 5 nitrogen and oxygen atoms in total. The van der Waals surface area contributed by atoms with Crippen LogP contribution in [-0.2, 0) is 12.8 Å². The van der Waals surface area contributed by atoms with Crippen molar-refractivity contribution in [3.8, 4) is 11.5 Å². The lowest BCUT2D eigenvalue weighted by molar-refractivity contribution is 0.276. The molecule has 2 N–H and O–H groups in total. The van der Waals surface area contributed by atoms with Crippen molar-refractivity contribution in [2.45, 2.75) is 25.3 Å². The number of aliphatic hydroxyl groups excluding tert-OH is 1. The Labute approximate surface area is 157 Å². The van der Waals surface area contributed by atoms with Crippen LogP contribution in [0.4, 0.5) is 5.82 Å². The first-order chi connectivity index (χ1) is 12.7. The Morgan fingerprint density at radius 1 is 1.08 bits per heavy atom. The average molecular weight is 367 g/mol. The number of aliphatic hydroxyl groups is 1. The van der Waals surface area contributed by atoms with E-state index in [4.69, 9.17) is 21.6 Å². The van der Waals surface area contributed by atoms with Crippen LogP contribution < -0.4 is 5.32 Å². The van der Waals surface area contributed by atoms with Crippen LogP contribution in [-0.4, -0.2) is 26.7 Å².